The Kier molecular flexibility index (Phi) is 3.90. The Morgan fingerprint density at radius 3 is 2.55 bits per heavy atom. The van der Waals surface area contributed by atoms with E-state index in [1.807, 2.05) is 0 Å². The van der Waals surface area contributed by atoms with Gasteiger partial charge in [-0.25, -0.2) is 8.42 Å². The Morgan fingerprint density at radius 1 is 1.30 bits per heavy atom. The second-order valence-electron chi connectivity index (χ2n) is 4.94. The van der Waals surface area contributed by atoms with Gasteiger partial charge in [0.2, 0.25) is 0 Å². The van der Waals surface area contributed by atoms with Gasteiger partial charge in [-0.2, -0.15) is 13.2 Å². The summed E-state index contributed by atoms with van der Waals surface area (Å²) in [6.45, 7) is 0. The van der Waals surface area contributed by atoms with Crippen LogP contribution in [0.4, 0.5) is 13.2 Å². The van der Waals surface area contributed by atoms with Crippen molar-refractivity contribution < 1.29 is 26.4 Å². The number of carbonyl (C=O) groups excluding carboxylic acids is 1. The third-order valence-electron chi connectivity index (χ3n) is 3.32. The van der Waals surface area contributed by atoms with Crippen molar-refractivity contribution in [1.29, 1.82) is 0 Å². The molecule has 3 nitrogen and oxygen atoms in total. The number of alkyl halides is 3. The van der Waals surface area contributed by atoms with Crippen molar-refractivity contribution >= 4 is 15.6 Å². The summed E-state index contributed by atoms with van der Waals surface area (Å²) in [7, 11) is -3.17. The summed E-state index contributed by atoms with van der Waals surface area (Å²) < 4.78 is 60.2. The summed E-state index contributed by atoms with van der Waals surface area (Å²) in [4.78, 5) is 11.9. The van der Waals surface area contributed by atoms with Gasteiger partial charge >= 0.3 is 6.18 Å². The molecule has 0 amide bonds. The molecule has 1 aromatic rings. The number of benzene rings is 1. The van der Waals surface area contributed by atoms with Crippen LogP contribution in [-0.4, -0.2) is 25.7 Å². The van der Waals surface area contributed by atoms with Crippen molar-refractivity contribution in [3.8, 4) is 0 Å². The number of rotatable bonds is 3. The maximum absolute atomic E-state index is 12.5. The summed E-state index contributed by atoms with van der Waals surface area (Å²) in [5, 5.41) is 0. The zero-order valence-electron chi connectivity index (χ0n) is 10.5. The normalized spacial score (nSPS) is 21.9. The topological polar surface area (TPSA) is 51.2 Å². The number of sulfone groups is 1. The Morgan fingerprint density at radius 2 is 2.00 bits per heavy atom. The summed E-state index contributed by atoms with van der Waals surface area (Å²) >= 11 is 0. The van der Waals surface area contributed by atoms with Crippen molar-refractivity contribution in [2.24, 2.45) is 5.92 Å². The molecule has 1 saturated heterocycles. The maximum Gasteiger partial charge on any atom is 0.416 e. The summed E-state index contributed by atoms with van der Waals surface area (Å²) in [5.74, 6) is -1.11. The predicted octanol–water partition coefficient (Wildman–Crippen LogP) is 2.25. The van der Waals surface area contributed by atoms with Gasteiger partial charge in [-0.3, -0.25) is 4.79 Å². The van der Waals surface area contributed by atoms with Gasteiger partial charge in [0, 0.05) is 12.3 Å². The number of halogens is 3. The van der Waals surface area contributed by atoms with Gasteiger partial charge in [0.05, 0.1) is 17.1 Å². The third kappa shape index (κ3) is 3.59. The second kappa shape index (κ2) is 5.20. The molecule has 1 fully saturated rings. The third-order valence-corrected chi connectivity index (χ3v) is 5.09. The second-order valence-corrected chi connectivity index (χ2v) is 7.17. The number of ketones is 1. The molecule has 7 heteroatoms. The zero-order valence-corrected chi connectivity index (χ0v) is 11.3. The molecule has 0 bridgehead atoms. The molecule has 1 aliphatic heterocycles. The highest BCUT2D eigenvalue weighted by atomic mass is 32.2. The lowest BCUT2D eigenvalue weighted by Gasteiger charge is -2.10. The monoisotopic (exact) mass is 306 g/mol. The molecule has 1 atom stereocenters. The van der Waals surface area contributed by atoms with Crippen LogP contribution in [0.15, 0.2) is 24.3 Å². The van der Waals surface area contributed by atoms with E-state index in [0.717, 1.165) is 12.1 Å². The van der Waals surface area contributed by atoms with Crippen LogP contribution in [0, 0.1) is 5.92 Å². The van der Waals surface area contributed by atoms with Crippen LogP contribution in [0.1, 0.15) is 17.5 Å². The Labute approximate surface area is 114 Å². The van der Waals surface area contributed by atoms with E-state index >= 15 is 0 Å². The van der Waals surface area contributed by atoms with Crippen molar-refractivity contribution in [2.45, 2.75) is 19.0 Å². The lowest BCUT2D eigenvalue weighted by atomic mass is 9.96. The molecule has 0 N–H and O–H groups in total. The van der Waals surface area contributed by atoms with Gasteiger partial charge in [0.15, 0.2) is 9.84 Å². The van der Waals surface area contributed by atoms with Crippen molar-refractivity contribution in [3.63, 3.8) is 0 Å². The largest absolute Gasteiger partial charge is 0.416 e. The Hall–Kier alpha value is -1.37. The maximum atomic E-state index is 12.5. The average Bonchev–Trinajstić information content (AvgIpc) is 2.69. The van der Waals surface area contributed by atoms with E-state index in [1.54, 1.807) is 0 Å². The molecule has 0 aromatic heterocycles. The average molecular weight is 306 g/mol. The molecule has 0 radical (unpaired) electrons. The van der Waals surface area contributed by atoms with Crippen LogP contribution in [0.2, 0.25) is 0 Å². The standard InChI is InChI=1S/C13H13F3O3S/c14-13(15,16)11-3-1-2-9(6-11)7-12(17)10-4-5-20(18,19)8-10/h1-3,6,10H,4-5,7-8H2. The number of Topliss-reactive ketones (excluding diaryl/α,β-unsaturated/α-hetero) is 1. The molecular formula is C13H13F3O3S. The van der Waals surface area contributed by atoms with Crippen LogP contribution in [0.3, 0.4) is 0 Å². The van der Waals surface area contributed by atoms with Gasteiger partial charge in [-0.05, 0) is 18.1 Å². The fourth-order valence-corrected chi connectivity index (χ4v) is 4.03. The molecule has 1 unspecified atom stereocenters. The molecule has 0 aliphatic carbocycles. The van der Waals surface area contributed by atoms with Crippen molar-refractivity contribution in [3.05, 3.63) is 35.4 Å². The summed E-state index contributed by atoms with van der Waals surface area (Å²) in [5.41, 5.74) is -0.545. The van der Waals surface area contributed by atoms with Crippen molar-refractivity contribution in [1.82, 2.24) is 0 Å². The molecule has 20 heavy (non-hydrogen) atoms. The minimum absolute atomic E-state index is 0.0218. The Balaban J connectivity index is 2.09. The fourth-order valence-electron chi connectivity index (χ4n) is 2.25. The van der Waals surface area contributed by atoms with Crippen LogP contribution in [0.25, 0.3) is 0 Å². The van der Waals surface area contributed by atoms with Crippen LogP contribution >= 0.6 is 0 Å². The first-order valence-electron chi connectivity index (χ1n) is 6.07. The lowest BCUT2D eigenvalue weighted by Crippen LogP contribution is -2.18. The fraction of sp³-hybridized carbons (Fsp3) is 0.462. The van der Waals surface area contributed by atoms with E-state index in [1.165, 1.54) is 12.1 Å². The Bertz CT molecular complexity index is 620. The molecule has 2 rings (SSSR count). The van der Waals surface area contributed by atoms with Gasteiger partial charge in [-0.1, -0.05) is 18.2 Å². The zero-order chi connectivity index (χ0) is 15.0. The van der Waals surface area contributed by atoms with E-state index in [-0.39, 0.29) is 35.7 Å². The van der Waals surface area contributed by atoms with E-state index in [2.05, 4.69) is 0 Å². The number of hydrogen-bond acceptors (Lipinski definition) is 3. The van der Waals surface area contributed by atoms with E-state index in [4.69, 9.17) is 0 Å². The van der Waals surface area contributed by atoms with Gasteiger partial charge in [0.1, 0.15) is 5.78 Å². The minimum atomic E-state index is -4.45. The molecule has 1 aliphatic rings. The van der Waals surface area contributed by atoms with Gasteiger partial charge < -0.3 is 0 Å². The highest BCUT2D eigenvalue weighted by molar-refractivity contribution is 7.91. The SMILES string of the molecule is O=C(Cc1cccc(C(F)(F)F)c1)C1CCS(=O)(=O)C1. The molecule has 1 aromatic carbocycles. The molecule has 1 heterocycles. The number of hydrogen-bond donors (Lipinski definition) is 0. The molecule has 110 valence electrons. The summed E-state index contributed by atoms with van der Waals surface area (Å²) in [6, 6.07) is 4.56. The van der Waals surface area contributed by atoms with Crippen LogP contribution in [0.5, 0.6) is 0 Å². The first kappa shape index (κ1) is 15.0. The molecular weight excluding hydrogens is 293 g/mol. The van der Waals surface area contributed by atoms with Crippen LogP contribution in [-0.2, 0) is 27.2 Å². The first-order valence-corrected chi connectivity index (χ1v) is 7.89. The highest BCUT2D eigenvalue weighted by Crippen LogP contribution is 2.30. The van der Waals surface area contributed by atoms with E-state index < -0.39 is 27.5 Å². The van der Waals surface area contributed by atoms with Gasteiger partial charge in [0.25, 0.3) is 0 Å². The molecule has 0 spiro atoms. The van der Waals surface area contributed by atoms with Gasteiger partial charge in [-0.15, -0.1) is 0 Å². The first-order chi connectivity index (χ1) is 9.17. The van der Waals surface area contributed by atoms with Crippen LogP contribution < -0.4 is 0 Å². The minimum Gasteiger partial charge on any atom is -0.299 e. The van der Waals surface area contributed by atoms with Crippen molar-refractivity contribution in [2.75, 3.05) is 11.5 Å². The van der Waals surface area contributed by atoms with E-state index in [0.29, 0.717) is 0 Å². The lowest BCUT2D eigenvalue weighted by molar-refractivity contribution is -0.137. The quantitative estimate of drug-likeness (QED) is 0.860. The molecule has 0 saturated carbocycles. The number of carbonyl (C=O) groups is 1. The smallest absolute Gasteiger partial charge is 0.299 e. The predicted molar refractivity (Wildman–Crippen MR) is 66.9 cm³/mol. The van der Waals surface area contributed by atoms with E-state index in [9.17, 15) is 26.4 Å². The summed E-state index contributed by atoms with van der Waals surface area (Å²) in [6.07, 6.45) is -4.35. The highest BCUT2D eigenvalue weighted by Gasteiger charge is 2.33.